The van der Waals surface area contributed by atoms with E-state index in [4.69, 9.17) is 4.74 Å². The first-order chi connectivity index (χ1) is 13.6. The molecule has 1 aromatic carbocycles. The van der Waals surface area contributed by atoms with Gasteiger partial charge in [0.1, 0.15) is 13.2 Å². The van der Waals surface area contributed by atoms with Crippen LogP contribution in [0, 0.1) is 0 Å². The third-order valence-electron chi connectivity index (χ3n) is 4.31. The standard InChI is InChI=1S/C19H24N6O3/c1-24-7-9-25(10-8-24)18-20-11-16(12-21-18)23-17(26)13-22-19(27)28-14-15-5-3-2-4-6-15/h2-6,11-12H,7-10,13-14H2,1H3,(H,22,27)(H,23,26). The number of amides is 2. The van der Waals surface area contributed by atoms with Gasteiger partial charge in [0.15, 0.2) is 0 Å². The van der Waals surface area contributed by atoms with E-state index in [9.17, 15) is 9.59 Å². The van der Waals surface area contributed by atoms with Crippen LogP contribution < -0.4 is 15.5 Å². The van der Waals surface area contributed by atoms with Crippen molar-refractivity contribution in [2.24, 2.45) is 0 Å². The van der Waals surface area contributed by atoms with E-state index in [0.717, 1.165) is 31.7 Å². The summed E-state index contributed by atoms with van der Waals surface area (Å²) >= 11 is 0. The Kier molecular flexibility index (Phi) is 6.74. The number of hydrogen-bond acceptors (Lipinski definition) is 7. The number of benzene rings is 1. The summed E-state index contributed by atoms with van der Waals surface area (Å²) in [6, 6.07) is 9.31. The van der Waals surface area contributed by atoms with E-state index in [2.05, 4.69) is 37.4 Å². The third-order valence-corrected chi connectivity index (χ3v) is 4.31. The Morgan fingerprint density at radius 1 is 1.07 bits per heavy atom. The average molecular weight is 384 g/mol. The summed E-state index contributed by atoms with van der Waals surface area (Å²) in [5, 5.41) is 5.06. The Morgan fingerprint density at radius 2 is 1.75 bits per heavy atom. The zero-order valence-corrected chi connectivity index (χ0v) is 15.8. The molecule has 2 aromatic rings. The summed E-state index contributed by atoms with van der Waals surface area (Å²) in [6.07, 6.45) is 2.47. The Labute approximate surface area is 163 Å². The van der Waals surface area contributed by atoms with Gasteiger partial charge in [-0.2, -0.15) is 0 Å². The fourth-order valence-corrected chi connectivity index (χ4v) is 2.69. The fourth-order valence-electron chi connectivity index (χ4n) is 2.69. The molecule has 148 valence electrons. The number of nitrogens with one attached hydrogen (secondary N) is 2. The van der Waals surface area contributed by atoms with Crippen LogP contribution >= 0.6 is 0 Å². The van der Waals surface area contributed by atoms with Gasteiger partial charge in [0.2, 0.25) is 11.9 Å². The van der Waals surface area contributed by atoms with Gasteiger partial charge in [0.25, 0.3) is 0 Å². The van der Waals surface area contributed by atoms with Crippen molar-refractivity contribution in [2.45, 2.75) is 6.61 Å². The van der Waals surface area contributed by atoms with Crippen molar-refractivity contribution in [1.29, 1.82) is 0 Å². The number of piperazine rings is 1. The molecule has 1 aliphatic rings. The highest BCUT2D eigenvalue weighted by Gasteiger charge is 2.16. The molecule has 9 nitrogen and oxygen atoms in total. The van der Waals surface area contributed by atoms with E-state index in [0.29, 0.717) is 11.6 Å². The molecule has 0 radical (unpaired) electrons. The number of alkyl carbamates (subject to hydrolysis) is 1. The zero-order chi connectivity index (χ0) is 19.8. The maximum atomic E-state index is 12.0. The highest BCUT2D eigenvalue weighted by Crippen LogP contribution is 2.12. The maximum Gasteiger partial charge on any atom is 0.407 e. The first-order valence-electron chi connectivity index (χ1n) is 9.10. The quantitative estimate of drug-likeness (QED) is 0.769. The Morgan fingerprint density at radius 3 is 2.43 bits per heavy atom. The lowest BCUT2D eigenvalue weighted by Crippen LogP contribution is -2.45. The monoisotopic (exact) mass is 384 g/mol. The number of likely N-dealkylation sites (N-methyl/N-ethyl adjacent to an activating group) is 1. The Balaban J connectivity index is 1.39. The molecule has 9 heteroatoms. The molecule has 0 bridgehead atoms. The summed E-state index contributed by atoms with van der Waals surface area (Å²) in [6.45, 7) is 3.62. The molecule has 1 fully saturated rings. The number of carbonyl (C=O) groups excluding carboxylic acids is 2. The van der Waals surface area contributed by atoms with Gasteiger partial charge in [0, 0.05) is 26.2 Å². The second-order valence-electron chi connectivity index (χ2n) is 6.53. The van der Waals surface area contributed by atoms with Gasteiger partial charge in [-0.1, -0.05) is 30.3 Å². The largest absolute Gasteiger partial charge is 0.445 e. The normalized spacial score (nSPS) is 14.4. The predicted octanol–water partition coefficient (Wildman–Crippen LogP) is 1.09. The third kappa shape index (κ3) is 5.92. The van der Waals surface area contributed by atoms with Crippen molar-refractivity contribution in [3.63, 3.8) is 0 Å². The summed E-state index contributed by atoms with van der Waals surface area (Å²) in [5.41, 5.74) is 1.35. The number of aromatic nitrogens is 2. The van der Waals surface area contributed by atoms with Crippen LogP contribution in [-0.2, 0) is 16.1 Å². The highest BCUT2D eigenvalue weighted by atomic mass is 16.5. The fraction of sp³-hybridized carbons (Fsp3) is 0.368. The molecule has 0 atom stereocenters. The van der Waals surface area contributed by atoms with Gasteiger partial charge in [-0.3, -0.25) is 4.79 Å². The van der Waals surface area contributed by atoms with E-state index in [1.165, 1.54) is 0 Å². The smallest absolute Gasteiger partial charge is 0.407 e. The van der Waals surface area contributed by atoms with Gasteiger partial charge in [0.05, 0.1) is 18.1 Å². The van der Waals surface area contributed by atoms with Crippen LogP contribution in [0.1, 0.15) is 5.56 Å². The van der Waals surface area contributed by atoms with Crippen molar-refractivity contribution < 1.29 is 14.3 Å². The van der Waals surface area contributed by atoms with Crippen molar-refractivity contribution in [2.75, 3.05) is 50.0 Å². The number of anilines is 2. The molecule has 1 aliphatic heterocycles. The second kappa shape index (κ2) is 9.65. The van der Waals surface area contributed by atoms with E-state index < -0.39 is 6.09 Å². The number of carbonyl (C=O) groups is 2. The Bertz CT molecular complexity index is 776. The number of ether oxygens (including phenoxy) is 1. The van der Waals surface area contributed by atoms with E-state index >= 15 is 0 Å². The topological polar surface area (TPSA) is 99.7 Å². The lowest BCUT2D eigenvalue weighted by molar-refractivity contribution is -0.115. The van der Waals surface area contributed by atoms with Crippen LogP contribution in [0.5, 0.6) is 0 Å². The molecule has 2 N–H and O–H groups in total. The molecule has 0 spiro atoms. The van der Waals surface area contributed by atoms with Crippen LogP contribution in [-0.4, -0.2) is 66.6 Å². The van der Waals surface area contributed by atoms with Gasteiger partial charge in [-0.15, -0.1) is 0 Å². The molecule has 0 unspecified atom stereocenters. The van der Waals surface area contributed by atoms with Crippen molar-refractivity contribution in [3.05, 3.63) is 48.3 Å². The molecule has 0 aliphatic carbocycles. The van der Waals surface area contributed by atoms with Crippen molar-refractivity contribution >= 4 is 23.6 Å². The first kappa shape index (κ1) is 19.6. The molecule has 28 heavy (non-hydrogen) atoms. The number of hydrogen-bond donors (Lipinski definition) is 2. The summed E-state index contributed by atoms with van der Waals surface area (Å²) in [4.78, 5) is 36.6. The molecule has 0 saturated carbocycles. The van der Waals surface area contributed by atoms with Crippen LogP contribution in [0.3, 0.4) is 0 Å². The van der Waals surface area contributed by atoms with Crippen molar-refractivity contribution in [1.82, 2.24) is 20.2 Å². The zero-order valence-electron chi connectivity index (χ0n) is 15.8. The summed E-state index contributed by atoms with van der Waals surface area (Å²) in [5.74, 6) is 0.265. The van der Waals surface area contributed by atoms with E-state index in [1.807, 2.05) is 30.3 Å². The van der Waals surface area contributed by atoms with E-state index in [1.54, 1.807) is 12.4 Å². The summed E-state index contributed by atoms with van der Waals surface area (Å²) < 4.78 is 5.06. The summed E-state index contributed by atoms with van der Waals surface area (Å²) in [7, 11) is 2.09. The molecular formula is C19H24N6O3. The van der Waals surface area contributed by atoms with Crippen molar-refractivity contribution in [3.8, 4) is 0 Å². The van der Waals surface area contributed by atoms with Gasteiger partial charge < -0.3 is 25.2 Å². The molecule has 3 rings (SSSR count). The Hall–Kier alpha value is -3.20. The predicted molar refractivity (Wildman–Crippen MR) is 105 cm³/mol. The number of rotatable bonds is 6. The minimum atomic E-state index is -0.652. The number of nitrogens with zero attached hydrogens (tertiary/aromatic N) is 4. The molecule has 1 saturated heterocycles. The van der Waals surface area contributed by atoms with Crippen LogP contribution in [0.4, 0.5) is 16.4 Å². The molecule has 1 aromatic heterocycles. The van der Waals surface area contributed by atoms with Gasteiger partial charge >= 0.3 is 6.09 Å². The SMILES string of the molecule is CN1CCN(c2ncc(NC(=O)CNC(=O)OCc3ccccc3)cn2)CC1. The van der Waals surface area contributed by atoms with Gasteiger partial charge in [-0.25, -0.2) is 14.8 Å². The van der Waals surface area contributed by atoms with Gasteiger partial charge in [-0.05, 0) is 12.6 Å². The molecule has 2 amide bonds. The highest BCUT2D eigenvalue weighted by molar-refractivity contribution is 5.93. The van der Waals surface area contributed by atoms with E-state index in [-0.39, 0.29) is 19.1 Å². The minimum absolute atomic E-state index is 0.149. The molecule has 2 heterocycles. The van der Waals surface area contributed by atoms with Crippen LogP contribution in [0.25, 0.3) is 0 Å². The lowest BCUT2D eigenvalue weighted by Gasteiger charge is -2.32. The minimum Gasteiger partial charge on any atom is -0.445 e. The maximum absolute atomic E-state index is 12.0. The first-order valence-corrected chi connectivity index (χ1v) is 9.10. The van der Waals surface area contributed by atoms with Crippen LogP contribution in [0.2, 0.25) is 0 Å². The second-order valence-corrected chi connectivity index (χ2v) is 6.53. The lowest BCUT2D eigenvalue weighted by atomic mass is 10.2. The molecular weight excluding hydrogens is 360 g/mol. The van der Waals surface area contributed by atoms with Crippen LogP contribution in [0.15, 0.2) is 42.7 Å². The average Bonchev–Trinajstić information content (AvgIpc) is 2.73.